The van der Waals surface area contributed by atoms with E-state index in [0.717, 1.165) is 50.7 Å². The molecule has 0 amide bonds. The van der Waals surface area contributed by atoms with Crippen molar-refractivity contribution in [2.45, 2.75) is 32.4 Å². The fraction of sp³-hybridized carbons (Fsp3) is 0.476. The van der Waals surface area contributed by atoms with E-state index < -0.39 is 35.6 Å². The first-order valence-corrected chi connectivity index (χ1v) is 9.98. The number of ketones is 1. The van der Waals surface area contributed by atoms with E-state index in [-0.39, 0.29) is 23.7 Å². The van der Waals surface area contributed by atoms with Crippen LogP contribution < -0.4 is 5.73 Å². The van der Waals surface area contributed by atoms with Crippen molar-refractivity contribution in [3.05, 3.63) is 46.7 Å². The van der Waals surface area contributed by atoms with Gasteiger partial charge in [0.05, 0.1) is 12.2 Å². The third kappa shape index (κ3) is 5.45. The van der Waals surface area contributed by atoms with Crippen LogP contribution in [0.4, 0.5) is 14.6 Å². The number of halogens is 2. The van der Waals surface area contributed by atoms with Gasteiger partial charge in [-0.05, 0) is 37.3 Å². The minimum Gasteiger partial charge on any atom is -0.454 e. The van der Waals surface area contributed by atoms with Crippen LogP contribution in [-0.2, 0) is 27.4 Å². The number of nitrogens with zero attached hydrogens (tertiary/aromatic N) is 2. The molecule has 2 heterocycles. The van der Waals surface area contributed by atoms with E-state index in [1.165, 1.54) is 11.8 Å². The lowest BCUT2D eigenvalue weighted by molar-refractivity contribution is 0.0469. The van der Waals surface area contributed by atoms with Crippen molar-refractivity contribution in [2.75, 3.05) is 32.7 Å². The third-order valence-electron chi connectivity index (χ3n) is 5.22. The Bertz CT molecular complexity index is 921. The predicted molar refractivity (Wildman–Crippen MR) is 106 cm³/mol. The number of hydrogen-bond donors (Lipinski definition) is 1. The van der Waals surface area contributed by atoms with Crippen LogP contribution >= 0.6 is 0 Å². The van der Waals surface area contributed by atoms with Gasteiger partial charge in [-0.3, -0.25) is 4.79 Å². The topological polar surface area (TPSA) is 106 Å². The Morgan fingerprint density at radius 3 is 2.55 bits per heavy atom. The van der Waals surface area contributed by atoms with Gasteiger partial charge >= 0.3 is 5.97 Å². The van der Waals surface area contributed by atoms with Gasteiger partial charge < -0.3 is 19.9 Å². The van der Waals surface area contributed by atoms with Crippen LogP contribution in [0.2, 0.25) is 0 Å². The number of anilines is 1. The van der Waals surface area contributed by atoms with Crippen LogP contribution in [0.25, 0.3) is 0 Å². The van der Waals surface area contributed by atoms with Gasteiger partial charge in [0.15, 0.2) is 6.61 Å². The van der Waals surface area contributed by atoms with E-state index in [1.807, 2.05) is 0 Å². The number of aryl methyl sites for hydroxylation is 1. The Hall–Kier alpha value is -2.85. The maximum absolute atomic E-state index is 13.8. The van der Waals surface area contributed by atoms with Crippen LogP contribution in [0.5, 0.6) is 0 Å². The fourth-order valence-corrected chi connectivity index (χ4v) is 3.54. The van der Waals surface area contributed by atoms with Gasteiger partial charge in [-0.1, -0.05) is 6.07 Å². The van der Waals surface area contributed by atoms with Gasteiger partial charge in [0.25, 0.3) is 0 Å². The van der Waals surface area contributed by atoms with E-state index in [1.54, 1.807) is 0 Å². The molecule has 8 nitrogen and oxygen atoms in total. The summed E-state index contributed by atoms with van der Waals surface area (Å²) in [6, 6.07) is 3.05. The molecule has 3 rings (SSSR count). The lowest BCUT2D eigenvalue weighted by Gasteiger charge is -2.21. The Kier molecular flexibility index (Phi) is 7.69. The number of methoxy groups -OCH3 is 1. The van der Waals surface area contributed by atoms with Crippen molar-refractivity contribution in [3.63, 3.8) is 0 Å². The van der Waals surface area contributed by atoms with Crippen LogP contribution in [0, 0.1) is 17.6 Å². The number of Topliss-reactive ketones (excluding diaryl/α,β-unsaturated/α-hetero) is 1. The third-order valence-corrected chi connectivity index (χ3v) is 5.22. The molecule has 0 radical (unpaired) electrons. The standard InChI is InChI=1S/C21H25F2N3O5/c1-29-11-16-19(20(24)26(25-16)8-5-13-6-9-30-10-7-13)21(28)31-12-17(27)18-14(22)3-2-4-15(18)23/h2-4,13H,5-12,24H2,1H3. The maximum Gasteiger partial charge on any atom is 0.344 e. The van der Waals surface area contributed by atoms with Crippen molar-refractivity contribution in [1.82, 2.24) is 9.78 Å². The van der Waals surface area contributed by atoms with Gasteiger partial charge in [0.2, 0.25) is 5.78 Å². The number of hydrogen-bond acceptors (Lipinski definition) is 7. The van der Waals surface area contributed by atoms with E-state index in [2.05, 4.69) is 5.10 Å². The predicted octanol–water partition coefficient (Wildman–Crippen LogP) is 2.75. The lowest BCUT2D eigenvalue weighted by Crippen LogP contribution is -2.19. The van der Waals surface area contributed by atoms with Crippen molar-refractivity contribution < 1.29 is 32.6 Å². The summed E-state index contributed by atoms with van der Waals surface area (Å²) in [7, 11) is 1.44. The lowest BCUT2D eigenvalue weighted by atomic mass is 9.97. The van der Waals surface area contributed by atoms with Gasteiger partial charge in [-0.25, -0.2) is 18.3 Å². The Morgan fingerprint density at radius 1 is 1.23 bits per heavy atom. The molecule has 2 N–H and O–H groups in total. The molecular weight excluding hydrogens is 412 g/mol. The number of aromatic nitrogens is 2. The quantitative estimate of drug-likeness (QED) is 0.475. The summed E-state index contributed by atoms with van der Waals surface area (Å²) in [6.45, 7) is 1.12. The molecule has 1 aromatic heterocycles. The summed E-state index contributed by atoms with van der Waals surface area (Å²) in [4.78, 5) is 24.8. The summed E-state index contributed by atoms with van der Waals surface area (Å²) >= 11 is 0. The smallest absolute Gasteiger partial charge is 0.344 e. The molecule has 1 aliphatic rings. The summed E-state index contributed by atoms with van der Waals surface area (Å²) < 4.78 is 44.5. The first-order chi connectivity index (χ1) is 14.9. The number of nitrogens with two attached hydrogens (primary N) is 1. The molecule has 2 aromatic rings. The van der Waals surface area contributed by atoms with E-state index in [4.69, 9.17) is 19.9 Å². The molecule has 10 heteroatoms. The highest BCUT2D eigenvalue weighted by atomic mass is 19.1. The second kappa shape index (κ2) is 10.5. The van der Waals surface area contributed by atoms with E-state index in [0.29, 0.717) is 12.5 Å². The molecule has 0 spiro atoms. The maximum atomic E-state index is 13.8. The van der Waals surface area contributed by atoms with Gasteiger partial charge in [-0.15, -0.1) is 0 Å². The summed E-state index contributed by atoms with van der Waals surface area (Å²) in [5.74, 6) is -3.39. The molecule has 1 aliphatic heterocycles. The van der Waals surface area contributed by atoms with Crippen LogP contribution in [-0.4, -0.2) is 48.5 Å². The number of ether oxygens (including phenoxy) is 3. The van der Waals surface area contributed by atoms with Gasteiger partial charge in [-0.2, -0.15) is 5.10 Å². The van der Waals surface area contributed by atoms with Gasteiger partial charge in [0.1, 0.15) is 28.7 Å². The molecule has 1 saturated heterocycles. The molecule has 0 atom stereocenters. The minimum absolute atomic E-state index is 0.00872. The van der Waals surface area contributed by atoms with E-state index in [9.17, 15) is 18.4 Å². The highest BCUT2D eigenvalue weighted by Gasteiger charge is 2.26. The second-order valence-electron chi connectivity index (χ2n) is 7.30. The fourth-order valence-electron chi connectivity index (χ4n) is 3.54. The molecule has 0 saturated carbocycles. The first-order valence-electron chi connectivity index (χ1n) is 9.98. The number of rotatable bonds is 9. The summed E-state index contributed by atoms with van der Waals surface area (Å²) in [5.41, 5.74) is 5.62. The van der Waals surface area contributed by atoms with Crippen molar-refractivity contribution in [1.29, 1.82) is 0 Å². The van der Waals surface area contributed by atoms with Crippen LogP contribution in [0.1, 0.15) is 45.7 Å². The highest BCUT2D eigenvalue weighted by Crippen LogP contribution is 2.23. The molecular formula is C21H25F2N3O5. The highest BCUT2D eigenvalue weighted by molar-refractivity contribution is 6.01. The largest absolute Gasteiger partial charge is 0.454 e. The Balaban J connectivity index is 1.70. The second-order valence-corrected chi connectivity index (χ2v) is 7.30. The molecule has 168 valence electrons. The zero-order chi connectivity index (χ0) is 22.4. The van der Waals surface area contributed by atoms with Crippen LogP contribution in [0.3, 0.4) is 0 Å². The van der Waals surface area contributed by atoms with Crippen LogP contribution in [0.15, 0.2) is 18.2 Å². The summed E-state index contributed by atoms with van der Waals surface area (Å²) in [5, 5.41) is 4.35. The number of benzene rings is 1. The normalized spacial score (nSPS) is 14.5. The molecule has 1 aromatic carbocycles. The molecule has 1 fully saturated rings. The van der Waals surface area contributed by atoms with Crippen molar-refractivity contribution in [3.8, 4) is 0 Å². The van der Waals surface area contributed by atoms with Gasteiger partial charge in [0, 0.05) is 26.9 Å². The number of esters is 1. The SMILES string of the molecule is COCc1nn(CCC2CCOCC2)c(N)c1C(=O)OCC(=O)c1c(F)cccc1F. The molecule has 0 aliphatic carbocycles. The number of carbonyl (C=O) groups excluding carboxylic acids is 2. The summed E-state index contributed by atoms with van der Waals surface area (Å²) in [6.07, 6.45) is 2.73. The average Bonchev–Trinajstić information content (AvgIpc) is 3.06. The first kappa shape index (κ1) is 22.8. The molecule has 31 heavy (non-hydrogen) atoms. The minimum atomic E-state index is -1.03. The van der Waals surface area contributed by atoms with Crippen molar-refractivity contribution in [2.24, 2.45) is 5.92 Å². The number of carbonyl (C=O) groups is 2. The monoisotopic (exact) mass is 437 g/mol. The molecule has 0 unspecified atom stereocenters. The zero-order valence-corrected chi connectivity index (χ0v) is 17.2. The number of nitrogen functional groups attached to an aromatic ring is 1. The van der Waals surface area contributed by atoms with E-state index >= 15 is 0 Å². The Labute approximate surface area is 178 Å². The zero-order valence-electron chi connectivity index (χ0n) is 17.2. The molecule has 0 bridgehead atoms. The Morgan fingerprint density at radius 2 is 1.90 bits per heavy atom. The van der Waals surface area contributed by atoms with Crippen molar-refractivity contribution >= 4 is 17.6 Å². The average molecular weight is 437 g/mol.